The van der Waals surface area contributed by atoms with Crippen molar-refractivity contribution in [1.29, 1.82) is 0 Å². The number of imidazole rings is 1. The Morgan fingerprint density at radius 3 is 2.61 bits per heavy atom. The van der Waals surface area contributed by atoms with Crippen molar-refractivity contribution in [1.82, 2.24) is 9.55 Å². The van der Waals surface area contributed by atoms with E-state index in [9.17, 15) is 4.79 Å². The van der Waals surface area contributed by atoms with Crippen molar-refractivity contribution in [2.75, 3.05) is 0 Å². The molecule has 0 bridgehead atoms. The number of benzene rings is 1. The molecule has 1 aromatic carbocycles. The summed E-state index contributed by atoms with van der Waals surface area (Å²) in [5.74, 6) is 1.44. The summed E-state index contributed by atoms with van der Waals surface area (Å²) in [6.45, 7) is 4.81. The summed E-state index contributed by atoms with van der Waals surface area (Å²) >= 11 is 12.1. The van der Waals surface area contributed by atoms with Gasteiger partial charge in [-0.2, -0.15) is 0 Å². The van der Waals surface area contributed by atoms with E-state index in [0.29, 0.717) is 23.0 Å². The SMILES string of the molecule is CC(C)c1nc2c(n1Cc1ccc(Cl)c(Cl)c1)C(=O)CCCC2. The number of aromatic nitrogens is 2. The molecular formula is C18H20Cl2N2O. The van der Waals surface area contributed by atoms with E-state index in [1.807, 2.05) is 12.1 Å². The number of carbonyl (C=O) groups is 1. The van der Waals surface area contributed by atoms with Crippen LogP contribution in [0, 0.1) is 0 Å². The summed E-state index contributed by atoms with van der Waals surface area (Å²) in [6, 6.07) is 5.61. The number of Topliss-reactive ketones (excluding diaryl/α,β-unsaturated/α-hetero) is 1. The number of aryl methyl sites for hydroxylation is 1. The van der Waals surface area contributed by atoms with E-state index >= 15 is 0 Å². The number of fused-ring (bicyclic) bond motifs is 1. The standard InChI is InChI=1S/C18H20Cl2N2O/c1-11(2)18-21-15-5-3-4-6-16(23)17(15)22(18)10-12-7-8-13(19)14(20)9-12/h7-9,11H,3-6,10H2,1-2H3. The van der Waals surface area contributed by atoms with Crippen LogP contribution in [0.15, 0.2) is 18.2 Å². The van der Waals surface area contributed by atoms with Crippen LogP contribution in [-0.4, -0.2) is 15.3 Å². The molecule has 5 heteroatoms. The molecule has 1 heterocycles. The maximum atomic E-state index is 12.6. The zero-order valence-corrected chi connectivity index (χ0v) is 14.9. The van der Waals surface area contributed by atoms with Crippen LogP contribution in [0.2, 0.25) is 10.0 Å². The molecule has 3 rings (SSSR count). The molecule has 0 fully saturated rings. The number of rotatable bonds is 3. The molecule has 0 aliphatic heterocycles. The van der Waals surface area contributed by atoms with Crippen LogP contribution in [0.3, 0.4) is 0 Å². The van der Waals surface area contributed by atoms with Gasteiger partial charge in [0.2, 0.25) is 0 Å². The lowest BCUT2D eigenvalue weighted by atomic mass is 10.1. The van der Waals surface area contributed by atoms with Crippen LogP contribution in [0.1, 0.15) is 66.6 Å². The summed E-state index contributed by atoms with van der Waals surface area (Å²) < 4.78 is 2.08. The third-order valence-corrected chi connectivity index (χ3v) is 4.98. The summed E-state index contributed by atoms with van der Waals surface area (Å²) in [7, 11) is 0. The molecule has 0 saturated carbocycles. The van der Waals surface area contributed by atoms with Gasteiger partial charge in [0.05, 0.1) is 15.7 Å². The van der Waals surface area contributed by atoms with Gasteiger partial charge in [-0.1, -0.05) is 43.1 Å². The first-order chi connectivity index (χ1) is 11.0. The Kier molecular flexibility index (Phi) is 4.79. The minimum absolute atomic E-state index is 0.206. The van der Waals surface area contributed by atoms with Crippen molar-refractivity contribution >= 4 is 29.0 Å². The van der Waals surface area contributed by atoms with Gasteiger partial charge in [-0.05, 0) is 37.0 Å². The van der Waals surface area contributed by atoms with Crippen molar-refractivity contribution in [3.05, 3.63) is 51.0 Å². The number of halogens is 2. The van der Waals surface area contributed by atoms with Gasteiger partial charge in [0, 0.05) is 18.9 Å². The number of hydrogen-bond donors (Lipinski definition) is 0. The summed E-state index contributed by atoms with van der Waals surface area (Å²) in [4.78, 5) is 17.3. The molecule has 0 radical (unpaired) electrons. The quantitative estimate of drug-likeness (QED) is 0.706. The topological polar surface area (TPSA) is 34.9 Å². The molecule has 2 aromatic rings. The fourth-order valence-electron chi connectivity index (χ4n) is 3.13. The Hall–Kier alpha value is -1.32. The fraction of sp³-hybridized carbons (Fsp3) is 0.444. The van der Waals surface area contributed by atoms with Crippen molar-refractivity contribution in [2.24, 2.45) is 0 Å². The van der Waals surface area contributed by atoms with Crippen molar-refractivity contribution in [3.8, 4) is 0 Å². The monoisotopic (exact) mass is 350 g/mol. The first kappa shape index (κ1) is 16.5. The molecule has 1 aliphatic carbocycles. The van der Waals surface area contributed by atoms with E-state index < -0.39 is 0 Å². The van der Waals surface area contributed by atoms with Crippen LogP contribution >= 0.6 is 23.2 Å². The molecule has 23 heavy (non-hydrogen) atoms. The number of ketones is 1. The van der Waals surface area contributed by atoms with Crippen LogP contribution in [0.25, 0.3) is 0 Å². The highest BCUT2D eigenvalue weighted by atomic mass is 35.5. The molecule has 0 unspecified atom stereocenters. The maximum absolute atomic E-state index is 12.6. The van der Waals surface area contributed by atoms with Crippen molar-refractivity contribution in [2.45, 2.75) is 52.0 Å². The average molecular weight is 351 g/mol. The summed E-state index contributed by atoms with van der Waals surface area (Å²) in [5, 5.41) is 1.08. The van der Waals surface area contributed by atoms with Gasteiger partial charge in [0.1, 0.15) is 11.5 Å². The highest BCUT2D eigenvalue weighted by molar-refractivity contribution is 6.42. The highest BCUT2D eigenvalue weighted by Crippen LogP contribution is 2.28. The molecule has 1 aliphatic rings. The third kappa shape index (κ3) is 3.31. The molecule has 3 nitrogen and oxygen atoms in total. The Morgan fingerprint density at radius 2 is 1.91 bits per heavy atom. The van der Waals surface area contributed by atoms with E-state index in [4.69, 9.17) is 28.2 Å². The smallest absolute Gasteiger partial charge is 0.181 e. The fourth-order valence-corrected chi connectivity index (χ4v) is 3.45. The van der Waals surface area contributed by atoms with Crippen LogP contribution in [-0.2, 0) is 13.0 Å². The number of hydrogen-bond acceptors (Lipinski definition) is 2. The lowest BCUT2D eigenvalue weighted by Gasteiger charge is -2.14. The minimum atomic E-state index is 0.206. The largest absolute Gasteiger partial charge is 0.321 e. The molecule has 1 aromatic heterocycles. The lowest BCUT2D eigenvalue weighted by molar-refractivity contribution is 0.0973. The molecule has 0 N–H and O–H groups in total. The normalized spacial score (nSPS) is 14.9. The Labute approximate surface area is 146 Å². The second-order valence-corrected chi connectivity index (χ2v) is 7.20. The van der Waals surface area contributed by atoms with Crippen LogP contribution < -0.4 is 0 Å². The van der Waals surface area contributed by atoms with Crippen LogP contribution in [0.4, 0.5) is 0 Å². The summed E-state index contributed by atoms with van der Waals surface area (Å²) in [5.41, 5.74) is 2.77. The molecule has 0 amide bonds. The van der Waals surface area contributed by atoms with Gasteiger partial charge in [-0.25, -0.2) is 4.98 Å². The highest BCUT2D eigenvalue weighted by Gasteiger charge is 2.25. The van der Waals surface area contributed by atoms with Gasteiger partial charge in [-0.3, -0.25) is 4.79 Å². The second kappa shape index (κ2) is 6.66. The van der Waals surface area contributed by atoms with Crippen LogP contribution in [0.5, 0.6) is 0 Å². The van der Waals surface area contributed by atoms with E-state index in [1.54, 1.807) is 6.07 Å². The zero-order valence-electron chi connectivity index (χ0n) is 13.4. The average Bonchev–Trinajstić information content (AvgIpc) is 2.75. The number of nitrogens with zero attached hydrogens (tertiary/aromatic N) is 2. The molecule has 0 saturated heterocycles. The Morgan fingerprint density at radius 1 is 1.17 bits per heavy atom. The number of carbonyl (C=O) groups excluding carboxylic acids is 1. The minimum Gasteiger partial charge on any atom is -0.321 e. The third-order valence-electron chi connectivity index (χ3n) is 4.24. The van der Waals surface area contributed by atoms with Gasteiger partial charge in [0.25, 0.3) is 0 Å². The molecular weight excluding hydrogens is 331 g/mol. The van der Waals surface area contributed by atoms with Gasteiger partial charge < -0.3 is 4.57 Å². The Bertz CT molecular complexity index is 750. The van der Waals surface area contributed by atoms with Gasteiger partial charge in [-0.15, -0.1) is 0 Å². The maximum Gasteiger partial charge on any atom is 0.181 e. The van der Waals surface area contributed by atoms with E-state index in [2.05, 4.69) is 18.4 Å². The first-order valence-corrected chi connectivity index (χ1v) is 8.79. The van der Waals surface area contributed by atoms with Crippen molar-refractivity contribution < 1.29 is 4.79 Å². The van der Waals surface area contributed by atoms with Gasteiger partial charge in [0.15, 0.2) is 5.78 Å². The molecule has 0 atom stereocenters. The van der Waals surface area contributed by atoms with E-state index in [1.165, 1.54) is 0 Å². The predicted molar refractivity (Wildman–Crippen MR) is 93.8 cm³/mol. The zero-order chi connectivity index (χ0) is 16.6. The lowest BCUT2D eigenvalue weighted by Crippen LogP contribution is -2.14. The summed E-state index contributed by atoms with van der Waals surface area (Å²) in [6.07, 6.45) is 3.46. The first-order valence-electron chi connectivity index (χ1n) is 8.03. The van der Waals surface area contributed by atoms with Crippen molar-refractivity contribution in [3.63, 3.8) is 0 Å². The van der Waals surface area contributed by atoms with E-state index in [-0.39, 0.29) is 11.7 Å². The predicted octanol–water partition coefficient (Wildman–Crippen LogP) is 5.27. The molecule has 122 valence electrons. The second-order valence-electron chi connectivity index (χ2n) is 6.38. The van der Waals surface area contributed by atoms with Gasteiger partial charge >= 0.3 is 0 Å². The molecule has 0 spiro atoms. The van der Waals surface area contributed by atoms with E-state index in [0.717, 1.165) is 42.0 Å². The Balaban J connectivity index is 2.07.